The second kappa shape index (κ2) is 5.98. The van der Waals surface area contributed by atoms with Gasteiger partial charge in [-0.25, -0.2) is 5.26 Å². The van der Waals surface area contributed by atoms with E-state index in [0.29, 0.717) is 0 Å². The minimum atomic E-state index is 1.15. The summed E-state index contributed by atoms with van der Waals surface area (Å²) in [5, 5.41) is 7.72. The van der Waals surface area contributed by atoms with Crippen molar-refractivity contribution in [2.75, 3.05) is 0 Å². The predicted molar refractivity (Wildman–Crippen MR) is 32.2 cm³/mol. The normalized spacial score (nSPS) is 10.6. The first-order chi connectivity index (χ1) is 3.91. The van der Waals surface area contributed by atoms with Gasteiger partial charge in [-0.15, -0.1) is 0 Å². The van der Waals surface area contributed by atoms with Crippen molar-refractivity contribution in [2.45, 2.75) is 0 Å². The van der Waals surface area contributed by atoms with Crippen LogP contribution in [0.15, 0.2) is 37.1 Å². The Kier molecular flexibility index (Phi) is 5.22. The van der Waals surface area contributed by atoms with Gasteiger partial charge in [-0.3, -0.25) is 0 Å². The lowest BCUT2D eigenvalue weighted by molar-refractivity contribution is -0.186. The Balaban J connectivity index is 3.26. The Hall–Kier alpha value is -1.02. The Morgan fingerprint density at radius 3 is 2.50 bits per heavy atom. The van der Waals surface area contributed by atoms with Gasteiger partial charge >= 0.3 is 0 Å². The average Bonchev–Trinajstić information content (AvgIpc) is 1.81. The Bertz CT molecular complexity index is 103. The fraction of sp³-hybridized carbons (Fsp3) is 0. The molecule has 0 aromatic rings. The van der Waals surface area contributed by atoms with Crippen LogP contribution in [-0.2, 0) is 4.89 Å². The summed E-state index contributed by atoms with van der Waals surface area (Å²) in [5.41, 5.74) is 0. The van der Waals surface area contributed by atoms with Gasteiger partial charge in [-0.2, -0.15) is 0 Å². The molecule has 1 N–H and O–H groups in total. The van der Waals surface area contributed by atoms with Gasteiger partial charge in [0.25, 0.3) is 0 Å². The molecule has 0 aliphatic heterocycles. The quantitative estimate of drug-likeness (QED) is 0.261. The Morgan fingerprint density at radius 2 is 2.00 bits per heavy atom. The molecule has 0 bridgehead atoms. The fourth-order valence-electron chi connectivity index (χ4n) is 0.223. The van der Waals surface area contributed by atoms with Crippen LogP contribution in [0, 0.1) is 0 Å². The lowest BCUT2D eigenvalue weighted by Crippen LogP contribution is -1.61. The molecule has 44 valence electrons. The van der Waals surface area contributed by atoms with Crippen LogP contribution in [0.3, 0.4) is 0 Å². The minimum absolute atomic E-state index is 1.15. The second-order valence-electron chi connectivity index (χ2n) is 1.05. The highest BCUT2D eigenvalue weighted by molar-refractivity contribution is 5.06. The lowest BCUT2D eigenvalue weighted by atomic mass is 10.5. The van der Waals surface area contributed by atoms with Crippen molar-refractivity contribution < 1.29 is 10.1 Å². The van der Waals surface area contributed by atoms with E-state index in [9.17, 15) is 0 Å². The molecule has 2 nitrogen and oxygen atoms in total. The third-order valence-corrected chi connectivity index (χ3v) is 0.498. The predicted octanol–water partition coefficient (Wildman–Crippen LogP) is 1.73. The third-order valence-electron chi connectivity index (χ3n) is 0.498. The van der Waals surface area contributed by atoms with Gasteiger partial charge in [0.15, 0.2) is 0 Å². The van der Waals surface area contributed by atoms with Crippen molar-refractivity contribution >= 4 is 0 Å². The van der Waals surface area contributed by atoms with Crippen LogP contribution >= 0.6 is 0 Å². The molecule has 0 spiro atoms. The SMILES string of the molecule is C=C/C=C/C=C/OO. The first kappa shape index (κ1) is 6.98. The smallest absolute Gasteiger partial charge is 0.129 e. The van der Waals surface area contributed by atoms with Gasteiger partial charge in [0.1, 0.15) is 6.26 Å². The molecule has 0 rings (SSSR count). The van der Waals surface area contributed by atoms with Gasteiger partial charge in [0, 0.05) is 0 Å². The van der Waals surface area contributed by atoms with E-state index in [2.05, 4.69) is 11.5 Å². The first-order valence-corrected chi connectivity index (χ1v) is 2.16. The summed E-state index contributed by atoms with van der Waals surface area (Å²) >= 11 is 0. The number of allylic oxidation sites excluding steroid dienone is 4. The van der Waals surface area contributed by atoms with E-state index >= 15 is 0 Å². The summed E-state index contributed by atoms with van der Waals surface area (Å²) in [5.74, 6) is 0. The fourth-order valence-corrected chi connectivity index (χ4v) is 0.223. The topological polar surface area (TPSA) is 29.5 Å². The van der Waals surface area contributed by atoms with E-state index in [1.165, 1.54) is 0 Å². The van der Waals surface area contributed by atoms with Gasteiger partial charge < -0.3 is 4.89 Å². The van der Waals surface area contributed by atoms with Crippen molar-refractivity contribution in [2.24, 2.45) is 0 Å². The molecule has 2 heteroatoms. The number of hydrogen-bond donors (Lipinski definition) is 1. The number of rotatable bonds is 3. The molecule has 0 saturated carbocycles. The molecule has 0 unspecified atom stereocenters. The van der Waals surface area contributed by atoms with Crippen LogP contribution in [0.2, 0.25) is 0 Å². The molecule has 8 heavy (non-hydrogen) atoms. The molecule has 0 radical (unpaired) electrons. The highest BCUT2D eigenvalue weighted by atomic mass is 17.1. The van der Waals surface area contributed by atoms with Crippen LogP contribution < -0.4 is 0 Å². The minimum Gasteiger partial charge on any atom is -0.348 e. The number of hydrogen-bond acceptors (Lipinski definition) is 2. The summed E-state index contributed by atoms with van der Waals surface area (Å²) < 4.78 is 0. The second-order valence-corrected chi connectivity index (χ2v) is 1.05. The molecule has 0 aliphatic rings. The highest BCUT2D eigenvalue weighted by Crippen LogP contribution is 1.76. The summed E-state index contributed by atoms with van der Waals surface area (Å²) in [4.78, 5) is 3.62. The largest absolute Gasteiger partial charge is 0.348 e. The standard InChI is InChI=1S/C6H8O2/c1-2-3-4-5-6-8-7/h2-7H,1H2/b4-3+,6-5+. The zero-order valence-electron chi connectivity index (χ0n) is 4.45. The maximum atomic E-state index is 7.72. The average molecular weight is 112 g/mol. The molecule has 0 atom stereocenters. The summed E-state index contributed by atoms with van der Waals surface area (Å²) in [6, 6.07) is 0. The molecular formula is C6H8O2. The van der Waals surface area contributed by atoms with Gasteiger partial charge in [-0.05, 0) is 6.08 Å². The molecule has 0 saturated heterocycles. The molecule has 0 aromatic heterocycles. The van der Waals surface area contributed by atoms with Crippen LogP contribution in [-0.4, -0.2) is 5.26 Å². The van der Waals surface area contributed by atoms with Gasteiger partial charge in [0.05, 0.1) is 0 Å². The van der Waals surface area contributed by atoms with E-state index in [-0.39, 0.29) is 0 Å². The summed E-state index contributed by atoms with van der Waals surface area (Å²) in [6.45, 7) is 3.43. The summed E-state index contributed by atoms with van der Waals surface area (Å²) in [7, 11) is 0. The zero-order chi connectivity index (χ0) is 6.24. The summed E-state index contributed by atoms with van der Waals surface area (Å²) in [6.07, 6.45) is 7.72. The van der Waals surface area contributed by atoms with Gasteiger partial charge in [0.2, 0.25) is 0 Å². The zero-order valence-corrected chi connectivity index (χ0v) is 4.45. The Labute approximate surface area is 48.3 Å². The van der Waals surface area contributed by atoms with Gasteiger partial charge in [-0.1, -0.05) is 24.8 Å². The monoisotopic (exact) mass is 112 g/mol. The van der Waals surface area contributed by atoms with Crippen molar-refractivity contribution in [3.8, 4) is 0 Å². The van der Waals surface area contributed by atoms with E-state index in [0.717, 1.165) is 6.26 Å². The maximum Gasteiger partial charge on any atom is 0.129 e. The molecule has 0 aliphatic carbocycles. The van der Waals surface area contributed by atoms with E-state index in [1.807, 2.05) is 0 Å². The third kappa shape index (κ3) is 4.98. The van der Waals surface area contributed by atoms with Crippen molar-refractivity contribution in [1.29, 1.82) is 0 Å². The molecular weight excluding hydrogens is 104 g/mol. The van der Waals surface area contributed by atoms with Crippen LogP contribution in [0.4, 0.5) is 0 Å². The molecule has 0 amide bonds. The van der Waals surface area contributed by atoms with Crippen molar-refractivity contribution in [3.63, 3.8) is 0 Å². The molecule has 0 fully saturated rings. The highest BCUT2D eigenvalue weighted by Gasteiger charge is 1.59. The molecule has 0 heterocycles. The van der Waals surface area contributed by atoms with Crippen LogP contribution in [0.25, 0.3) is 0 Å². The van der Waals surface area contributed by atoms with E-state index < -0.39 is 0 Å². The lowest BCUT2D eigenvalue weighted by Gasteiger charge is -1.75. The van der Waals surface area contributed by atoms with Crippen molar-refractivity contribution in [1.82, 2.24) is 0 Å². The van der Waals surface area contributed by atoms with E-state index in [4.69, 9.17) is 5.26 Å². The van der Waals surface area contributed by atoms with Crippen molar-refractivity contribution in [3.05, 3.63) is 37.1 Å². The maximum absolute atomic E-state index is 7.72. The Morgan fingerprint density at radius 1 is 1.25 bits per heavy atom. The van der Waals surface area contributed by atoms with Crippen LogP contribution in [0.5, 0.6) is 0 Å². The van der Waals surface area contributed by atoms with Crippen LogP contribution in [0.1, 0.15) is 0 Å². The van der Waals surface area contributed by atoms with E-state index in [1.54, 1.807) is 24.3 Å². The first-order valence-electron chi connectivity index (χ1n) is 2.16. The molecule has 0 aromatic carbocycles.